The highest BCUT2D eigenvalue weighted by atomic mass is 19.1. The Hall–Kier alpha value is -2.60. The average Bonchev–Trinajstić information content (AvgIpc) is 3.61. The number of hydrogen-bond donors (Lipinski definition) is 1. The van der Waals surface area contributed by atoms with E-state index in [4.69, 9.17) is 0 Å². The highest BCUT2D eigenvalue weighted by Crippen LogP contribution is 2.30. The van der Waals surface area contributed by atoms with Crippen molar-refractivity contribution in [1.29, 1.82) is 0 Å². The average molecular weight is 411 g/mol. The SMILES string of the molecule is CN(C)c1ccc([C@@H](CNC(=O)C2CC2)N2CCN(c3ccc(F)cc3)CC2)cc1. The molecule has 1 aliphatic carbocycles. The first-order valence-electron chi connectivity index (χ1n) is 10.8. The quantitative estimate of drug-likeness (QED) is 0.760. The molecule has 1 heterocycles. The molecule has 1 saturated carbocycles. The molecule has 0 spiro atoms. The van der Waals surface area contributed by atoms with Crippen LogP contribution < -0.4 is 15.1 Å². The zero-order valence-electron chi connectivity index (χ0n) is 17.9. The van der Waals surface area contributed by atoms with Crippen LogP contribution in [0.25, 0.3) is 0 Å². The molecule has 30 heavy (non-hydrogen) atoms. The van der Waals surface area contributed by atoms with Gasteiger partial charge in [-0.3, -0.25) is 9.69 Å². The van der Waals surface area contributed by atoms with Crippen LogP contribution in [-0.4, -0.2) is 57.6 Å². The van der Waals surface area contributed by atoms with E-state index in [0.717, 1.165) is 44.7 Å². The van der Waals surface area contributed by atoms with Gasteiger partial charge in [0.2, 0.25) is 5.91 Å². The standard InChI is InChI=1S/C24H31FN4O/c1-27(2)21-9-5-18(6-10-21)23(17-26-24(30)19-3-4-19)29-15-13-28(14-16-29)22-11-7-20(25)8-12-22/h5-12,19,23H,3-4,13-17H2,1-2H3,(H,26,30)/t23-/m1/s1. The number of piperazine rings is 1. The van der Waals surface area contributed by atoms with E-state index in [1.54, 1.807) is 0 Å². The van der Waals surface area contributed by atoms with E-state index in [2.05, 4.69) is 44.3 Å². The molecule has 1 atom stereocenters. The molecule has 0 aromatic heterocycles. The molecule has 1 N–H and O–H groups in total. The highest BCUT2D eigenvalue weighted by Gasteiger charge is 2.31. The molecule has 4 rings (SSSR count). The fourth-order valence-corrected chi connectivity index (χ4v) is 4.08. The van der Waals surface area contributed by atoms with E-state index in [-0.39, 0.29) is 23.7 Å². The lowest BCUT2D eigenvalue weighted by atomic mass is 10.0. The maximum absolute atomic E-state index is 13.2. The van der Waals surface area contributed by atoms with E-state index in [9.17, 15) is 9.18 Å². The van der Waals surface area contributed by atoms with Gasteiger partial charge in [0.05, 0.1) is 6.04 Å². The Labute approximate surface area is 178 Å². The Bertz CT molecular complexity index is 841. The number of nitrogens with zero attached hydrogens (tertiary/aromatic N) is 3. The van der Waals surface area contributed by atoms with Gasteiger partial charge in [-0.15, -0.1) is 0 Å². The predicted octanol–water partition coefficient (Wildman–Crippen LogP) is 3.28. The maximum atomic E-state index is 13.2. The summed E-state index contributed by atoms with van der Waals surface area (Å²) in [4.78, 5) is 19.1. The largest absolute Gasteiger partial charge is 0.378 e. The molecule has 2 fully saturated rings. The zero-order valence-corrected chi connectivity index (χ0v) is 17.9. The smallest absolute Gasteiger partial charge is 0.223 e. The summed E-state index contributed by atoms with van der Waals surface area (Å²) in [6, 6.07) is 15.5. The van der Waals surface area contributed by atoms with Crippen LogP contribution >= 0.6 is 0 Å². The fraction of sp³-hybridized carbons (Fsp3) is 0.458. The monoisotopic (exact) mass is 410 g/mol. The van der Waals surface area contributed by atoms with Gasteiger partial charge < -0.3 is 15.1 Å². The van der Waals surface area contributed by atoms with Gasteiger partial charge in [0.1, 0.15) is 5.82 Å². The number of nitrogens with one attached hydrogen (secondary N) is 1. The molecule has 1 aliphatic heterocycles. The lowest BCUT2D eigenvalue weighted by Crippen LogP contribution is -2.50. The van der Waals surface area contributed by atoms with Crippen LogP contribution in [0.15, 0.2) is 48.5 Å². The van der Waals surface area contributed by atoms with Crippen molar-refractivity contribution in [3.63, 3.8) is 0 Å². The van der Waals surface area contributed by atoms with E-state index in [1.165, 1.54) is 23.4 Å². The second kappa shape index (κ2) is 9.04. The topological polar surface area (TPSA) is 38.8 Å². The Morgan fingerprint density at radius 3 is 2.23 bits per heavy atom. The summed E-state index contributed by atoms with van der Waals surface area (Å²) in [7, 11) is 4.08. The molecule has 2 aromatic carbocycles. The first-order chi connectivity index (χ1) is 14.5. The van der Waals surface area contributed by atoms with Crippen molar-refractivity contribution < 1.29 is 9.18 Å². The Kier molecular flexibility index (Phi) is 6.23. The highest BCUT2D eigenvalue weighted by molar-refractivity contribution is 5.80. The molecular formula is C24H31FN4O. The van der Waals surface area contributed by atoms with Crippen molar-refractivity contribution in [2.24, 2.45) is 5.92 Å². The normalized spacial score (nSPS) is 18.2. The van der Waals surface area contributed by atoms with Crippen molar-refractivity contribution in [3.8, 4) is 0 Å². The summed E-state index contributed by atoms with van der Waals surface area (Å²) < 4.78 is 13.2. The molecule has 160 valence electrons. The van der Waals surface area contributed by atoms with Crippen LogP contribution in [0.3, 0.4) is 0 Å². The number of carbonyl (C=O) groups excluding carboxylic acids is 1. The van der Waals surface area contributed by atoms with E-state index in [0.29, 0.717) is 6.54 Å². The number of rotatable bonds is 7. The summed E-state index contributed by atoms with van der Waals surface area (Å²) in [6.07, 6.45) is 2.04. The molecule has 0 unspecified atom stereocenters. The van der Waals surface area contributed by atoms with Crippen LogP contribution in [-0.2, 0) is 4.79 Å². The lowest BCUT2D eigenvalue weighted by molar-refractivity contribution is -0.122. The number of halogens is 1. The molecule has 2 aliphatic rings. The van der Waals surface area contributed by atoms with Gasteiger partial charge in [-0.2, -0.15) is 0 Å². The summed E-state index contributed by atoms with van der Waals surface area (Å²) in [5, 5.41) is 3.18. The molecule has 6 heteroatoms. The summed E-state index contributed by atoms with van der Waals surface area (Å²) >= 11 is 0. The molecule has 1 amide bonds. The fourth-order valence-electron chi connectivity index (χ4n) is 4.08. The minimum Gasteiger partial charge on any atom is -0.378 e. The molecule has 2 aromatic rings. The van der Waals surface area contributed by atoms with Gasteiger partial charge in [-0.25, -0.2) is 4.39 Å². The van der Waals surface area contributed by atoms with Gasteiger partial charge in [-0.1, -0.05) is 12.1 Å². The molecule has 0 bridgehead atoms. The van der Waals surface area contributed by atoms with Gasteiger partial charge in [0.25, 0.3) is 0 Å². The maximum Gasteiger partial charge on any atom is 0.223 e. The van der Waals surface area contributed by atoms with E-state index < -0.39 is 0 Å². The third-order valence-corrected chi connectivity index (χ3v) is 6.16. The Morgan fingerprint density at radius 1 is 1.03 bits per heavy atom. The summed E-state index contributed by atoms with van der Waals surface area (Å²) in [5.74, 6) is 0.206. The molecule has 1 saturated heterocycles. The summed E-state index contributed by atoms with van der Waals surface area (Å²) in [6.45, 7) is 4.20. The van der Waals surface area contributed by atoms with Crippen LogP contribution in [0.4, 0.5) is 15.8 Å². The minimum absolute atomic E-state index is 0.152. The number of carbonyl (C=O) groups is 1. The Morgan fingerprint density at radius 2 is 1.67 bits per heavy atom. The first-order valence-corrected chi connectivity index (χ1v) is 10.8. The van der Waals surface area contributed by atoms with Gasteiger partial charge >= 0.3 is 0 Å². The van der Waals surface area contributed by atoms with Gasteiger partial charge in [0.15, 0.2) is 0 Å². The van der Waals surface area contributed by atoms with Crippen molar-refractivity contribution in [3.05, 3.63) is 59.9 Å². The number of hydrogen-bond acceptors (Lipinski definition) is 4. The van der Waals surface area contributed by atoms with Crippen LogP contribution in [0.2, 0.25) is 0 Å². The third-order valence-electron chi connectivity index (χ3n) is 6.16. The zero-order chi connectivity index (χ0) is 21.1. The van der Waals surface area contributed by atoms with Crippen molar-refractivity contribution in [2.75, 3.05) is 56.6 Å². The second-order valence-electron chi connectivity index (χ2n) is 8.52. The summed E-state index contributed by atoms with van der Waals surface area (Å²) in [5.41, 5.74) is 3.46. The predicted molar refractivity (Wildman–Crippen MR) is 119 cm³/mol. The van der Waals surface area contributed by atoms with Crippen molar-refractivity contribution in [2.45, 2.75) is 18.9 Å². The van der Waals surface area contributed by atoms with Crippen molar-refractivity contribution in [1.82, 2.24) is 10.2 Å². The Balaban J connectivity index is 1.44. The van der Waals surface area contributed by atoms with Crippen LogP contribution in [0, 0.1) is 11.7 Å². The van der Waals surface area contributed by atoms with Gasteiger partial charge in [-0.05, 0) is 54.8 Å². The molecular weight excluding hydrogens is 379 g/mol. The minimum atomic E-state index is -0.204. The first kappa shape index (κ1) is 20.7. The number of amides is 1. The third kappa shape index (κ3) is 4.93. The van der Waals surface area contributed by atoms with Gasteiger partial charge in [0, 0.05) is 64.1 Å². The second-order valence-corrected chi connectivity index (χ2v) is 8.52. The lowest BCUT2D eigenvalue weighted by Gasteiger charge is -2.40. The van der Waals surface area contributed by atoms with Crippen LogP contribution in [0.1, 0.15) is 24.4 Å². The van der Waals surface area contributed by atoms with Crippen LogP contribution in [0.5, 0.6) is 0 Å². The van der Waals surface area contributed by atoms with Crippen molar-refractivity contribution >= 4 is 17.3 Å². The molecule has 5 nitrogen and oxygen atoms in total. The molecule has 0 radical (unpaired) electrons. The number of benzene rings is 2. The van der Waals surface area contributed by atoms with E-state index >= 15 is 0 Å². The number of anilines is 2. The van der Waals surface area contributed by atoms with E-state index in [1.807, 2.05) is 26.2 Å².